The number of aliphatic carboxylic acids is 1. The molecule has 342 valence electrons. The lowest BCUT2D eigenvalue weighted by Crippen LogP contribution is -2.55. The highest BCUT2D eigenvalue weighted by atomic mass is 16.6. The number of carboxylic acids is 1. The molecule has 0 amide bonds. The number of quaternary nitrogens is 1. The lowest BCUT2D eigenvalue weighted by molar-refractivity contribution is -0.889. The van der Waals surface area contributed by atoms with Gasteiger partial charge in [-0.1, -0.05) is 184 Å². The standard InChI is InChI=1S/C51H91NO7/c1-6-8-10-12-14-16-18-20-21-22-23-24-25-26-27-28-29-30-32-33-35-37-39-41-49(53)58-46-47(45-57-44-43-48(51(55)56)52(3,4)5)59-50(54)42-40-38-36-34-31-19-17-15-13-11-9-7-2/h8,10,14,16,20-21,23-24,47-48H,6-7,9,11-13,15,17-19,22,25-46H2,1-5H3/b10-8+,16-14+,21-20+,24-23+. The lowest BCUT2D eigenvalue weighted by atomic mass is 10.0. The molecule has 8 nitrogen and oxygen atoms in total. The number of hydrogen-bond donors (Lipinski definition) is 0. The van der Waals surface area contributed by atoms with E-state index in [1.807, 2.05) is 0 Å². The number of carbonyl (C=O) groups is 3. The number of rotatable bonds is 43. The minimum Gasteiger partial charge on any atom is -0.544 e. The maximum absolute atomic E-state index is 12.7. The van der Waals surface area contributed by atoms with Crippen LogP contribution in [0.25, 0.3) is 0 Å². The van der Waals surface area contributed by atoms with Crippen LogP contribution in [-0.4, -0.2) is 75.5 Å². The van der Waals surface area contributed by atoms with Crippen molar-refractivity contribution in [1.82, 2.24) is 0 Å². The van der Waals surface area contributed by atoms with E-state index in [-0.39, 0.29) is 42.7 Å². The molecule has 59 heavy (non-hydrogen) atoms. The quantitative estimate of drug-likeness (QED) is 0.0261. The van der Waals surface area contributed by atoms with E-state index in [2.05, 4.69) is 62.5 Å². The van der Waals surface area contributed by atoms with Crippen molar-refractivity contribution in [2.24, 2.45) is 0 Å². The number of allylic oxidation sites excluding steroid dienone is 8. The predicted octanol–water partition coefficient (Wildman–Crippen LogP) is 12.3. The number of esters is 2. The molecule has 2 atom stereocenters. The van der Waals surface area contributed by atoms with Crippen LogP contribution in [0.1, 0.15) is 206 Å². The predicted molar refractivity (Wildman–Crippen MR) is 245 cm³/mol. The molecule has 2 unspecified atom stereocenters. The van der Waals surface area contributed by atoms with Gasteiger partial charge in [0.15, 0.2) is 6.10 Å². The SMILES string of the molecule is CC/C=C/C/C=C/C/C=C/C/C=C/CCCCCCCCCCCCC(=O)OCC(COCCC(C(=O)[O-])[N+](C)(C)C)OC(=O)CCCCCCCCCCCCCC. The topological polar surface area (TPSA) is 102 Å². The average Bonchev–Trinajstić information content (AvgIpc) is 3.19. The minimum atomic E-state index is -1.12. The number of likely N-dealkylation sites (N-methyl/N-ethyl adjacent to an activating group) is 1. The number of unbranched alkanes of at least 4 members (excludes halogenated alkanes) is 21. The Morgan fingerprint density at radius 3 is 1.41 bits per heavy atom. The summed E-state index contributed by atoms with van der Waals surface area (Å²) < 4.78 is 17.2. The Morgan fingerprint density at radius 1 is 0.525 bits per heavy atom. The molecule has 0 spiro atoms. The van der Waals surface area contributed by atoms with Crippen molar-refractivity contribution in [1.29, 1.82) is 0 Å². The van der Waals surface area contributed by atoms with Crippen LogP contribution in [0, 0.1) is 0 Å². The van der Waals surface area contributed by atoms with Crippen LogP contribution in [0.3, 0.4) is 0 Å². The Kier molecular flexibility index (Phi) is 40.1. The zero-order valence-electron chi connectivity index (χ0n) is 38.9. The van der Waals surface area contributed by atoms with Gasteiger partial charge in [-0.15, -0.1) is 0 Å². The smallest absolute Gasteiger partial charge is 0.306 e. The number of hydrogen-bond acceptors (Lipinski definition) is 7. The van der Waals surface area contributed by atoms with Crippen molar-refractivity contribution in [2.75, 3.05) is 41.0 Å². The van der Waals surface area contributed by atoms with E-state index in [0.29, 0.717) is 12.8 Å². The highest BCUT2D eigenvalue weighted by Gasteiger charge is 2.25. The Labute approximate surface area is 363 Å². The van der Waals surface area contributed by atoms with E-state index in [1.54, 1.807) is 21.1 Å². The second kappa shape index (κ2) is 42.0. The van der Waals surface area contributed by atoms with Crippen molar-refractivity contribution >= 4 is 17.9 Å². The fraction of sp³-hybridized carbons (Fsp3) is 0.784. The summed E-state index contributed by atoms with van der Waals surface area (Å²) >= 11 is 0. The van der Waals surface area contributed by atoms with E-state index in [9.17, 15) is 19.5 Å². The summed E-state index contributed by atoms with van der Waals surface area (Å²) in [5.41, 5.74) is 0. The normalized spacial score (nSPS) is 13.3. The van der Waals surface area contributed by atoms with Crippen LogP contribution < -0.4 is 5.11 Å². The Hall–Kier alpha value is -2.71. The van der Waals surface area contributed by atoms with E-state index >= 15 is 0 Å². The van der Waals surface area contributed by atoms with Gasteiger partial charge >= 0.3 is 11.9 Å². The molecule has 0 fully saturated rings. The van der Waals surface area contributed by atoms with Gasteiger partial charge in [-0.25, -0.2) is 0 Å². The summed E-state index contributed by atoms with van der Waals surface area (Å²) in [4.78, 5) is 36.9. The average molecular weight is 830 g/mol. The van der Waals surface area contributed by atoms with Gasteiger partial charge in [0, 0.05) is 19.3 Å². The van der Waals surface area contributed by atoms with Gasteiger partial charge in [0.05, 0.1) is 40.3 Å². The van der Waals surface area contributed by atoms with E-state index in [1.165, 1.54) is 109 Å². The van der Waals surface area contributed by atoms with Crippen molar-refractivity contribution in [3.8, 4) is 0 Å². The third-order valence-corrected chi connectivity index (χ3v) is 10.7. The molecule has 0 rings (SSSR count). The first kappa shape index (κ1) is 56.3. The minimum absolute atomic E-state index is 0.0413. The van der Waals surface area contributed by atoms with Crippen LogP contribution in [0.5, 0.6) is 0 Å². The molecule has 0 heterocycles. The summed E-state index contributed by atoms with van der Waals surface area (Å²) in [6.07, 6.45) is 49.9. The molecule has 0 aromatic heterocycles. The van der Waals surface area contributed by atoms with Crippen molar-refractivity contribution in [3.63, 3.8) is 0 Å². The molecular formula is C51H91NO7. The second-order valence-electron chi connectivity index (χ2n) is 17.3. The Balaban J connectivity index is 4.20. The summed E-state index contributed by atoms with van der Waals surface area (Å²) in [5, 5.41) is 11.6. The van der Waals surface area contributed by atoms with Crippen LogP contribution in [0.2, 0.25) is 0 Å². The van der Waals surface area contributed by atoms with Crippen LogP contribution in [0.15, 0.2) is 48.6 Å². The van der Waals surface area contributed by atoms with Gasteiger partial charge in [0.2, 0.25) is 0 Å². The zero-order chi connectivity index (χ0) is 43.5. The fourth-order valence-electron chi connectivity index (χ4n) is 7.00. The number of carbonyl (C=O) groups excluding carboxylic acids is 3. The third kappa shape index (κ3) is 40.5. The largest absolute Gasteiger partial charge is 0.544 e. The Bertz CT molecular complexity index is 1110. The molecule has 0 saturated carbocycles. The molecule has 0 aliphatic rings. The number of carboxylic acid groups (broad SMARTS) is 1. The van der Waals surface area contributed by atoms with Crippen molar-refractivity contribution < 1.29 is 38.2 Å². The van der Waals surface area contributed by atoms with Gasteiger partial charge in [-0.3, -0.25) is 9.59 Å². The van der Waals surface area contributed by atoms with Gasteiger partial charge in [0.1, 0.15) is 12.6 Å². The number of ether oxygens (including phenoxy) is 3. The molecule has 0 N–H and O–H groups in total. The molecule has 0 aliphatic carbocycles. The maximum atomic E-state index is 12.7. The summed E-state index contributed by atoms with van der Waals surface area (Å²) in [5.74, 6) is -1.73. The highest BCUT2D eigenvalue weighted by Crippen LogP contribution is 2.15. The monoisotopic (exact) mass is 830 g/mol. The maximum Gasteiger partial charge on any atom is 0.306 e. The molecule has 0 radical (unpaired) electrons. The second-order valence-corrected chi connectivity index (χ2v) is 17.3. The van der Waals surface area contributed by atoms with E-state index in [4.69, 9.17) is 14.2 Å². The first-order valence-corrected chi connectivity index (χ1v) is 24.2. The van der Waals surface area contributed by atoms with Crippen LogP contribution >= 0.6 is 0 Å². The van der Waals surface area contributed by atoms with Crippen molar-refractivity contribution in [3.05, 3.63) is 48.6 Å². The highest BCUT2D eigenvalue weighted by molar-refractivity contribution is 5.70. The Morgan fingerprint density at radius 2 is 0.949 bits per heavy atom. The van der Waals surface area contributed by atoms with Crippen molar-refractivity contribution in [2.45, 2.75) is 219 Å². The zero-order valence-corrected chi connectivity index (χ0v) is 38.9. The molecule has 0 saturated heterocycles. The summed E-state index contributed by atoms with van der Waals surface area (Å²) in [7, 11) is 5.41. The number of nitrogens with zero attached hydrogens (tertiary/aromatic N) is 1. The summed E-state index contributed by atoms with van der Waals surface area (Å²) in [6.45, 7) is 4.55. The first-order valence-electron chi connectivity index (χ1n) is 24.2. The molecular weight excluding hydrogens is 739 g/mol. The molecule has 0 aliphatic heterocycles. The molecule has 0 aromatic carbocycles. The van der Waals surface area contributed by atoms with E-state index in [0.717, 1.165) is 64.2 Å². The van der Waals surface area contributed by atoms with E-state index < -0.39 is 18.1 Å². The molecule has 8 heteroatoms. The van der Waals surface area contributed by atoms with Crippen LogP contribution in [0.4, 0.5) is 0 Å². The fourth-order valence-corrected chi connectivity index (χ4v) is 7.00. The van der Waals surface area contributed by atoms with Gasteiger partial charge in [-0.2, -0.15) is 0 Å². The summed E-state index contributed by atoms with van der Waals surface area (Å²) in [6, 6.07) is -0.725. The first-order chi connectivity index (χ1) is 28.6. The van der Waals surface area contributed by atoms with Gasteiger partial charge in [-0.05, 0) is 51.4 Å². The molecule has 0 bridgehead atoms. The lowest BCUT2D eigenvalue weighted by Gasteiger charge is -2.34. The molecule has 0 aromatic rings. The van der Waals surface area contributed by atoms with Gasteiger partial charge in [0.25, 0.3) is 0 Å². The van der Waals surface area contributed by atoms with Crippen LogP contribution in [-0.2, 0) is 28.6 Å². The van der Waals surface area contributed by atoms with Gasteiger partial charge < -0.3 is 28.6 Å². The third-order valence-electron chi connectivity index (χ3n) is 10.7.